The van der Waals surface area contributed by atoms with Crippen molar-refractivity contribution in [2.45, 2.75) is 45.4 Å². The van der Waals surface area contributed by atoms with E-state index >= 15 is 0 Å². The zero-order valence-electron chi connectivity index (χ0n) is 14.6. The van der Waals surface area contributed by atoms with Gasteiger partial charge in [-0.2, -0.15) is 0 Å². The van der Waals surface area contributed by atoms with Gasteiger partial charge in [-0.25, -0.2) is 0 Å². The summed E-state index contributed by atoms with van der Waals surface area (Å²) < 4.78 is 10.9. The second kappa shape index (κ2) is 8.18. The minimum Gasteiger partial charge on any atom is -0.497 e. The van der Waals surface area contributed by atoms with E-state index in [0.29, 0.717) is 12.0 Å². The van der Waals surface area contributed by atoms with Crippen molar-refractivity contribution in [3.63, 3.8) is 0 Å². The van der Waals surface area contributed by atoms with Crippen LogP contribution in [0.3, 0.4) is 0 Å². The van der Waals surface area contributed by atoms with Crippen LogP contribution in [-0.2, 0) is 11.2 Å². The van der Waals surface area contributed by atoms with Gasteiger partial charge < -0.3 is 25.2 Å². The Hall–Kier alpha value is -1.79. The van der Waals surface area contributed by atoms with E-state index in [4.69, 9.17) is 14.8 Å². The molecule has 6 heteroatoms. The fourth-order valence-electron chi connectivity index (χ4n) is 1.61. The molecule has 0 aromatic heterocycles. The summed E-state index contributed by atoms with van der Waals surface area (Å²) in [4.78, 5) is 0. The van der Waals surface area contributed by atoms with Gasteiger partial charge in [0.15, 0.2) is 0 Å². The van der Waals surface area contributed by atoms with Gasteiger partial charge in [-0.05, 0) is 57.1 Å². The third-order valence-corrected chi connectivity index (χ3v) is 4.01. The zero-order chi connectivity index (χ0) is 17.5. The van der Waals surface area contributed by atoms with Gasteiger partial charge in [0.05, 0.1) is 18.3 Å². The van der Waals surface area contributed by atoms with Crippen LogP contribution in [0.5, 0.6) is 5.75 Å². The van der Waals surface area contributed by atoms with Crippen molar-refractivity contribution >= 4 is 13.7 Å². The summed E-state index contributed by atoms with van der Waals surface area (Å²) in [7, 11) is 1.90. The first kappa shape index (κ1) is 19.3. The van der Waals surface area contributed by atoms with Crippen molar-refractivity contribution in [3.05, 3.63) is 41.5 Å². The molecule has 0 atom stereocenters. The van der Waals surface area contributed by atoms with E-state index in [9.17, 15) is 5.11 Å². The highest BCUT2D eigenvalue weighted by Crippen LogP contribution is 2.24. The Morgan fingerprint density at radius 2 is 1.87 bits per heavy atom. The Labute approximate surface area is 139 Å². The van der Waals surface area contributed by atoms with Gasteiger partial charge >= 0.3 is 7.48 Å². The molecule has 0 radical (unpaired) electrons. The minimum atomic E-state index is -0.962. The van der Waals surface area contributed by atoms with Crippen molar-refractivity contribution in [1.29, 1.82) is 5.41 Å². The van der Waals surface area contributed by atoms with Crippen molar-refractivity contribution in [2.75, 3.05) is 7.11 Å². The van der Waals surface area contributed by atoms with E-state index in [1.807, 2.05) is 38.1 Å². The monoisotopic (exact) mass is 318 g/mol. The van der Waals surface area contributed by atoms with Crippen LogP contribution >= 0.6 is 0 Å². The van der Waals surface area contributed by atoms with Gasteiger partial charge in [0.25, 0.3) is 0 Å². The van der Waals surface area contributed by atoms with Crippen LogP contribution in [0, 0.1) is 5.41 Å². The van der Waals surface area contributed by atoms with Crippen LogP contribution in [0.1, 0.15) is 33.3 Å². The number of rotatable bonds is 9. The number of ether oxygens (including phenoxy) is 1. The molecule has 1 rings (SSSR count). The van der Waals surface area contributed by atoms with Crippen molar-refractivity contribution < 1.29 is 14.5 Å². The highest BCUT2D eigenvalue weighted by Gasteiger charge is 2.35. The normalized spacial score (nSPS) is 12.7. The molecule has 0 aliphatic heterocycles. The Balaban J connectivity index is 2.54. The Bertz CT molecular complexity index is 534. The Kier molecular flexibility index (Phi) is 6.85. The maximum Gasteiger partial charge on any atom is 0.312 e. The summed E-state index contributed by atoms with van der Waals surface area (Å²) in [5, 5.41) is 20.7. The van der Waals surface area contributed by atoms with Gasteiger partial charge in [0.2, 0.25) is 0 Å². The lowest BCUT2D eigenvalue weighted by Crippen LogP contribution is -2.48. The molecule has 0 amide bonds. The first-order valence-electron chi connectivity index (χ1n) is 7.62. The molecule has 0 unspecified atom stereocenters. The molecule has 3 N–H and O–H groups in total. The fraction of sp³-hybridized carbons (Fsp3) is 0.471. The maximum absolute atomic E-state index is 10.1. The average Bonchev–Trinajstić information content (AvgIpc) is 2.50. The number of benzene rings is 1. The number of allylic oxidation sites excluding steroid dienone is 1. The number of nitrogens with one attached hydrogen (secondary N) is 2. The highest BCUT2D eigenvalue weighted by atomic mass is 16.5. The summed E-state index contributed by atoms with van der Waals surface area (Å²) in [6.07, 6.45) is 3.01. The van der Waals surface area contributed by atoms with E-state index in [2.05, 4.69) is 5.32 Å². The lowest BCUT2D eigenvalue weighted by Gasteiger charge is -2.37. The SMILES string of the molecule is COc1ccc(CN/C=C(/BOC(C)(C)C(C)(C)O)C=N)cc1. The summed E-state index contributed by atoms with van der Waals surface area (Å²) >= 11 is 0. The maximum atomic E-state index is 10.1. The van der Waals surface area contributed by atoms with Crippen LogP contribution in [0.2, 0.25) is 0 Å². The zero-order valence-corrected chi connectivity index (χ0v) is 14.6. The van der Waals surface area contributed by atoms with E-state index in [1.54, 1.807) is 27.2 Å². The quantitative estimate of drug-likeness (QED) is 0.482. The number of aliphatic hydroxyl groups is 1. The summed E-state index contributed by atoms with van der Waals surface area (Å²) in [5.41, 5.74) is 0.154. The van der Waals surface area contributed by atoms with Crippen LogP contribution < -0.4 is 10.1 Å². The average molecular weight is 318 g/mol. The minimum absolute atomic E-state index is 0.260. The molecular weight excluding hydrogens is 291 g/mol. The second-order valence-electron chi connectivity index (χ2n) is 6.45. The first-order chi connectivity index (χ1) is 10.7. The number of methoxy groups -OCH3 is 1. The first-order valence-corrected chi connectivity index (χ1v) is 7.62. The van der Waals surface area contributed by atoms with E-state index < -0.39 is 11.2 Å². The third-order valence-electron chi connectivity index (χ3n) is 4.01. The summed E-state index contributed by atoms with van der Waals surface area (Å²) in [5.74, 6) is 0.826. The number of hydrogen-bond donors (Lipinski definition) is 3. The van der Waals surface area contributed by atoms with E-state index in [1.165, 1.54) is 6.21 Å². The van der Waals surface area contributed by atoms with Gasteiger partial charge in [-0.3, -0.25) is 0 Å². The van der Waals surface area contributed by atoms with Crippen molar-refractivity contribution in [3.8, 4) is 5.75 Å². The molecule has 0 saturated heterocycles. The summed E-state index contributed by atoms with van der Waals surface area (Å²) in [6.45, 7) is 7.74. The van der Waals surface area contributed by atoms with Crippen LogP contribution in [0.4, 0.5) is 0 Å². The molecule has 0 bridgehead atoms. The largest absolute Gasteiger partial charge is 0.497 e. The second-order valence-corrected chi connectivity index (χ2v) is 6.45. The fourth-order valence-corrected chi connectivity index (χ4v) is 1.61. The molecule has 126 valence electrons. The predicted octanol–water partition coefficient (Wildman–Crippen LogP) is 2.19. The van der Waals surface area contributed by atoms with Crippen LogP contribution in [0.15, 0.2) is 35.9 Å². The van der Waals surface area contributed by atoms with Gasteiger partial charge in [-0.15, -0.1) is 0 Å². The molecule has 0 spiro atoms. The standard InChI is InChI=1S/C17H27BN2O3/c1-16(2,21)17(3,4)23-18-14(10-19)12-20-11-13-6-8-15(22-5)9-7-13/h6-10,12,18-21H,11H2,1-5H3/b14-12+,19-10?. The summed E-state index contributed by atoms with van der Waals surface area (Å²) in [6, 6.07) is 7.79. The molecular formula is C17H27BN2O3. The van der Waals surface area contributed by atoms with Gasteiger partial charge in [0.1, 0.15) is 5.75 Å². The van der Waals surface area contributed by atoms with Gasteiger partial charge in [-0.1, -0.05) is 12.1 Å². The van der Waals surface area contributed by atoms with Gasteiger partial charge in [0, 0.05) is 12.8 Å². The lowest BCUT2D eigenvalue weighted by molar-refractivity contribution is -0.0895. The molecule has 0 fully saturated rings. The number of hydrogen-bond acceptors (Lipinski definition) is 5. The smallest absolute Gasteiger partial charge is 0.312 e. The van der Waals surface area contributed by atoms with E-state index in [-0.39, 0.29) is 7.48 Å². The molecule has 23 heavy (non-hydrogen) atoms. The van der Waals surface area contributed by atoms with Crippen LogP contribution in [-0.4, -0.2) is 37.1 Å². The Morgan fingerprint density at radius 3 is 2.35 bits per heavy atom. The molecule has 0 saturated carbocycles. The highest BCUT2D eigenvalue weighted by molar-refractivity contribution is 6.45. The lowest BCUT2D eigenvalue weighted by atomic mass is 9.83. The van der Waals surface area contributed by atoms with E-state index in [0.717, 1.165) is 11.3 Å². The molecule has 5 nitrogen and oxygen atoms in total. The molecule has 1 aromatic rings. The molecule has 1 aromatic carbocycles. The third kappa shape index (κ3) is 6.08. The van der Waals surface area contributed by atoms with Crippen LogP contribution in [0.25, 0.3) is 0 Å². The molecule has 0 heterocycles. The predicted molar refractivity (Wildman–Crippen MR) is 95.3 cm³/mol. The topological polar surface area (TPSA) is 74.6 Å². The van der Waals surface area contributed by atoms with Crippen molar-refractivity contribution in [1.82, 2.24) is 5.32 Å². The molecule has 0 aliphatic rings. The Morgan fingerprint density at radius 1 is 1.26 bits per heavy atom. The molecule has 0 aliphatic carbocycles. The van der Waals surface area contributed by atoms with Crippen molar-refractivity contribution in [2.24, 2.45) is 0 Å².